The average Bonchev–Trinajstić information content (AvgIpc) is 3.14. The molecule has 0 aromatic heterocycles. The van der Waals surface area contributed by atoms with Crippen LogP contribution in [0, 0.1) is 0 Å². The van der Waals surface area contributed by atoms with Crippen molar-refractivity contribution in [3.8, 4) is 23.0 Å². The Kier molecular flexibility index (Phi) is 5.80. The van der Waals surface area contributed by atoms with Crippen LogP contribution in [-0.2, 0) is 4.79 Å². The van der Waals surface area contributed by atoms with E-state index in [1.54, 1.807) is 49.6 Å². The van der Waals surface area contributed by atoms with E-state index in [2.05, 4.69) is 5.32 Å². The first kappa shape index (κ1) is 17.9. The maximum Gasteiger partial charge on any atom is 0.257 e. The fraction of sp³-hybridized carbons (Fsp3) is 0.316. The van der Waals surface area contributed by atoms with Crippen LogP contribution in [-0.4, -0.2) is 38.1 Å². The van der Waals surface area contributed by atoms with Crippen LogP contribution >= 0.6 is 0 Å². The van der Waals surface area contributed by atoms with Crippen molar-refractivity contribution in [1.29, 1.82) is 0 Å². The van der Waals surface area contributed by atoms with Gasteiger partial charge < -0.3 is 29.4 Å². The Labute approximate surface area is 151 Å². The molecule has 0 aliphatic carbocycles. The number of benzene rings is 2. The van der Waals surface area contributed by atoms with Crippen molar-refractivity contribution in [3.05, 3.63) is 48.0 Å². The zero-order valence-electron chi connectivity index (χ0n) is 14.4. The maximum absolute atomic E-state index is 11.9. The van der Waals surface area contributed by atoms with Gasteiger partial charge in [-0.15, -0.1) is 0 Å². The van der Waals surface area contributed by atoms with E-state index in [0.29, 0.717) is 36.0 Å². The topological polar surface area (TPSA) is 86.3 Å². The predicted octanol–water partition coefficient (Wildman–Crippen LogP) is 2.04. The number of hydrogen-bond donors (Lipinski definition) is 2. The average molecular weight is 359 g/mol. The smallest absolute Gasteiger partial charge is 0.257 e. The minimum absolute atomic E-state index is 0.104. The van der Waals surface area contributed by atoms with Crippen molar-refractivity contribution in [2.75, 3.05) is 27.1 Å². The molecule has 1 heterocycles. The Morgan fingerprint density at radius 3 is 2.85 bits per heavy atom. The SMILES string of the molecule is COc1cccc(OCC(=O)NCCC(O)c2ccc3c(c2)OCO3)c1. The highest BCUT2D eigenvalue weighted by atomic mass is 16.7. The first-order valence-electron chi connectivity index (χ1n) is 8.27. The Morgan fingerprint density at radius 1 is 1.19 bits per heavy atom. The molecule has 1 unspecified atom stereocenters. The standard InChI is InChI=1S/C19H21NO6/c1-23-14-3-2-4-15(10-14)24-11-19(22)20-8-7-16(21)13-5-6-17-18(9-13)26-12-25-17/h2-6,9-10,16,21H,7-8,11-12H2,1H3,(H,20,22). The van der Waals surface area contributed by atoms with E-state index in [0.717, 1.165) is 5.56 Å². The summed E-state index contributed by atoms with van der Waals surface area (Å²) >= 11 is 0. The van der Waals surface area contributed by atoms with Crippen LogP contribution in [0.15, 0.2) is 42.5 Å². The minimum atomic E-state index is -0.705. The summed E-state index contributed by atoms with van der Waals surface area (Å²) in [5.41, 5.74) is 0.719. The van der Waals surface area contributed by atoms with E-state index in [1.165, 1.54) is 0 Å². The third-order valence-corrected chi connectivity index (χ3v) is 3.93. The van der Waals surface area contributed by atoms with Crippen molar-refractivity contribution in [3.63, 3.8) is 0 Å². The second kappa shape index (κ2) is 8.44. The first-order valence-corrected chi connectivity index (χ1v) is 8.27. The van der Waals surface area contributed by atoms with Gasteiger partial charge in [-0.25, -0.2) is 0 Å². The summed E-state index contributed by atoms with van der Waals surface area (Å²) < 4.78 is 21.1. The third kappa shape index (κ3) is 4.58. The highest BCUT2D eigenvalue weighted by molar-refractivity contribution is 5.77. The van der Waals surface area contributed by atoms with Gasteiger partial charge in [0.15, 0.2) is 18.1 Å². The second-order valence-corrected chi connectivity index (χ2v) is 5.73. The number of aliphatic hydroxyl groups is 1. The van der Waals surface area contributed by atoms with Crippen molar-refractivity contribution in [2.45, 2.75) is 12.5 Å². The van der Waals surface area contributed by atoms with Gasteiger partial charge in [0, 0.05) is 12.6 Å². The summed E-state index contributed by atoms with van der Waals surface area (Å²) in [4.78, 5) is 11.9. The molecule has 2 aromatic carbocycles. The largest absolute Gasteiger partial charge is 0.497 e. The number of nitrogens with one attached hydrogen (secondary N) is 1. The lowest BCUT2D eigenvalue weighted by atomic mass is 10.1. The molecule has 1 amide bonds. The number of amides is 1. The van der Waals surface area contributed by atoms with Crippen LogP contribution in [0.3, 0.4) is 0 Å². The number of ether oxygens (including phenoxy) is 4. The molecule has 1 atom stereocenters. The van der Waals surface area contributed by atoms with E-state index in [9.17, 15) is 9.90 Å². The lowest BCUT2D eigenvalue weighted by molar-refractivity contribution is -0.123. The summed E-state index contributed by atoms with van der Waals surface area (Å²) in [6, 6.07) is 12.3. The lowest BCUT2D eigenvalue weighted by Crippen LogP contribution is -2.30. The Balaban J connectivity index is 1.40. The molecule has 0 radical (unpaired) electrons. The molecule has 0 fully saturated rings. The Bertz CT molecular complexity index is 763. The van der Waals surface area contributed by atoms with E-state index in [-0.39, 0.29) is 19.3 Å². The fourth-order valence-corrected chi connectivity index (χ4v) is 2.53. The quantitative estimate of drug-likeness (QED) is 0.750. The number of carbonyl (C=O) groups excluding carboxylic acids is 1. The Hall–Kier alpha value is -2.93. The van der Waals surface area contributed by atoms with Gasteiger partial charge in [-0.2, -0.15) is 0 Å². The number of carbonyl (C=O) groups is 1. The molecule has 0 saturated heterocycles. The Morgan fingerprint density at radius 2 is 2.00 bits per heavy atom. The van der Waals surface area contributed by atoms with Crippen molar-refractivity contribution in [1.82, 2.24) is 5.32 Å². The predicted molar refractivity (Wildman–Crippen MR) is 93.6 cm³/mol. The molecular weight excluding hydrogens is 338 g/mol. The third-order valence-electron chi connectivity index (χ3n) is 3.93. The van der Waals surface area contributed by atoms with Gasteiger partial charge in [-0.1, -0.05) is 12.1 Å². The number of aliphatic hydroxyl groups excluding tert-OH is 1. The summed E-state index contributed by atoms with van der Waals surface area (Å²) in [5.74, 6) is 2.25. The molecular formula is C19H21NO6. The number of methoxy groups -OCH3 is 1. The molecule has 0 bridgehead atoms. The normalized spacial score (nSPS) is 13.2. The molecule has 7 nitrogen and oxygen atoms in total. The van der Waals surface area contributed by atoms with Gasteiger partial charge in [0.1, 0.15) is 11.5 Å². The van der Waals surface area contributed by atoms with E-state index >= 15 is 0 Å². The summed E-state index contributed by atoms with van der Waals surface area (Å²) in [6.45, 7) is 0.418. The number of rotatable bonds is 8. The summed E-state index contributed by atoms with van der Waals surface area (Å²) in [5, 5.41) is 13.0. The highest BCUT2D eigenvalue weighted by Gasteiger charge is 2.16. The van der Waals surface area contributed by atoms with Crippen LogP contribution < -0.4 is 24.3 Å². The molecule has 0 spiro atoms. The molecule has 138 valence electrons. The van der Waals surface area contributed by atoms with Crippen LogP contribution in [0.25, 0.3) is 0 Å². The molecule has 2 aromatic rings. The van der Waals surface area contributed by atoms with Crippen molar-refractivity contribution >= 4 is 5.91 Å². The van der Waals surface area contributed by atoms with Gasteiger partial charge in [-0.05, 0) is 36.2 Å². The van der Waals surface area contributed by atoms with Crippen molar-refractivity contribution in [2.24, 2.45) is 0 Å². The van der Waals surface area contributed by atoms with Crippen LogP contribution in [0.2, 0.25) is 0 Å². The van der Waals surface area contributed by atoms with Gasteiger partial charge in [-0.3, -0.25) is 4.79 Å². The van der Waals surface area contributed by atoms with Gasteiger partial charge in [0.2, 0.25) is 6.79 Å². The van der Waals surface area contributed by atoms with Gasteiger partial charge in [0.05, 0.1) is 13.2 Å². The first-order chi connectivity index (χ1) is 12.7. The van der Waals surface area contributed by atoms with Gasteiger partial charge >= 0.3 is 0 Å². The fourth-order valence-electron chi connectivity index (χ4n) is 2.53. The molecule has 3 rings (SSSR count). The number of hydrogen-bond acceptors (Lipinski definition) is 6. The molecule has 1 aliphatic heterocycles. The van der Waals surface area contributed by atoms with E-state index in [1.807, 2.05) is 0 Å². The van der Waals surface area contributed by atoms with Crippen LogP contribution in [0.5, 0.6) is 23.0 Å². The molecule has 1 aliphatic rings. The maximum atomic E-state index is 11.9. The zero-order valence-corrected chi connectivity index (χ0v) is 14.4. The molecule has 2 N–H and O–H groups in total. The van der Waals surface area contributed by atoms with E-state index in [4.69, 9.17) is 18.9 Å². The van der Waals surface area contributed by atoms with E-state index < -0.39 is 6.10 Å². The monoisotopic (exact) mass is 359 g/mol. The number of fused-ring (bicyclic) bond motifs is 1. The molecule has 0 saturated carbocycles. The zero-order chi connectivity index (χ0) is 18.4. The highest BCUT2D eigenvalue weighted by Crippen LogP contribution is 2.34. The van der Waals surface area contributed by atoms with Gasteiger partial charge in [0.25, 0.3) is 5.91 Å². The molecule has 7 heteroatoms. The minimum Gasteiger partial charge on any atom is -0.497 e. The van der Waals surface area contributed by atoms with Crippen LogP contribution in [0.4, 0.5) is 0 Å². The molecule has 26 heavy (non-hydrogen) atoms. The second-order valence-electron chi connectivity index (χ2n) is 5.73. The summed E-state index contributed by atoms with van der Waals surface area (Å²) in [7, 11) is 1.57. The van der Waals surface area contributed by atoms with Crippen LogP contribution in [0.1, 0.15) is 18.1 Å². The van der Waals surface area contributed by atoms with Crippen molar-refractivity contribution < 1.29 is 28.8 Å². The summed E-state index contributed by atoms with van der Waals surface area (Å²) in [6.07, 6.45) is -0.325. The lowest BCUT2D eigenvalue weighted by Gasteiger charge is -2.13.